The maximum Gasteiger partial charge on any atom is 0.317 e. The van der Waals surface area contributed by atoms with Crippen molar-refractivity contribution in [3.05, 3.63) is 65.6 Å². The van der Waals surface area contributed by atoms with E-state index in [9.17, 15) is 18.0 Å². The van der Waals surface area contributed by atoms with Gasteiger partial charge in [-0.05, 0) is 41.3 Å². The molecule has 7 heteroatoms. The van der Waals surface area contributed by atoms with Crippen LogP contribution in [0.1, 0.15) is 21.6 Å². The monoisotopic (exact) mass is 333 g/mol. The van der Waals surface area contributed by atoms with Crippen LogP contribution in [0.2, 0.25) is 0 Å². The van der Waals surface area contributed by atoms with Gasteiger partial charge in [0, 0.05) is 24.5 Å². The SMILES string of the molecule is O=C(NCc1ccc2[nH]ccc2c1)c1ccc(C(F)(F)CF)nc1. The van der Waals surface area contributed by atoms with Crippen LogP contribution in [0, 0.1) is 0 Å². The molecule has 0 fully saturated rings. The number of halogens is 3. The Bertz CT molecular complexity index is 859. The van der Waals surface area contributed by atoms with Gasteiger partial charge in [0.25, 0.3) is 5.91 Å². The molecule has 0 unspecified atom stereocenters. The van der Waals surface area contributed by atoms with E-state index in [-0.39, 0.29) is 5.56 Å². The van der Waals surface area contributed by atoms with Crippen molar-refractivity contribution >= 4 is 16.8 Å². The minimum atomic E-state index is -3.64. The minimum Gasteiger partial charge on any atom is -0.361 e. The second-order valence-corrected chi connectivity index (χ2v) is 5.35. The van der Waals surface area contributed by atoms with Crippen molar-refractivity contribution in [1.82, 2.24) is 15.3 Å². The van der Waals surface area contributed by atoms with Crippen molar-refractivity contribution in [2.45, 2.75) is 12.5 Å². The Hall–Kier alpha value is -2.83. The smallest absolute Gasteiger partial charge is 0.317 e. The van der Waals surface area contributed by atoms with Gasteiger partial charge >= 0.3 is 5.92 Å². The van der Waals surface area contributed by atoms with Gasteiger partial charge in [0.15, 0.2) is 6.67 Å². The lowest BCUT2D eigenvalue weighted by atomic mass is 10.1. The maximum atomic E-state index is 13.1. The number of aromatic amines is 1. The molecule has 2 heterocycles. The van der Waals surface area contributed by atoms with Crippen LogP contribution in [-0.2, 0) is 12.5 Å². The third kappa shape index (κ3) is 3.24. The van der Waals surface area contributed by atoms with Crippen LogP contribution in [0.15, 0.2) is 48.8 Å². The molecule has 3 aromatic rings. The van der Waals surface area contributed by atoms with Crippen LogP contribution in [0.5, 0.6) is 0 Å². The first-order valence-corrected chi connectivity index (χ1v) is 7.24. The molecule has 0 bridgehead atoms. The van der Waals surface area contributed by atoms with Crippen LogP contribution in [0.4, 0.5) is 13.2 Å². The third-order valence-corrected chi connectivity index (χ3v) is 3.64. The zero-order valence-electron chi connectivity index (χ0n) is 12.5. The van der Waals surface area contributed by atoms with E-state index in [1.54, 1.807) is 0 Å². The molecule has 2 N–H and O–H groups in total. The average molecular weight is 333 g/mol. The molecule has 2 aromatic heterocycles. The number of aromatic nitrogens is 2. The Morgan fingerprint density at radius 2 is 2.04 bits per heavy atom. The van der Waals surface area contributed by atoms with E-state index >= 15 is 0 Å². The molecular formula is C17H14F3N3O. The van der Waals surface area contributed by atoms with Gasteiger partial charge in [-0.2, -0.15) is 8.78 Å². The third-order valence-electron chi connectivity index (χ3n) is 3.64. The fourth-order valence-electron chi connectivity index (χ4n) is 2.31. The number of alkyl halides is 3. The molecule has 0 saturated carbocycles. The molecule has 0 radical (unpaired) electrons. The van der Waals surface area contributed by atoms with E-state index in [2.05, 4.69) is 15.3 Å². The zero-order chi connectivity index (χ0) is 17.2. The lowest BCUT2D eigenvalue weighted by molar-refractivity contribution is -0.0321. The molecule has 0 aliphatic carbocycles. The molecule has 0 atom stereocenters. The lowest BCUT2D eigenvalue weighted by Crippen LogP contribution is -2.24. The van der Waals surface area contributed by atoms with Gasteiger partial charge in [0.2, 0.25) is 0 Å². The summed E-state index contributed by atoms with van der Waals surface area (Å²) in [6.45, 7) is -1.53. The molecule has 3 rings (SSSR count). The number of rotatable bonds is 5. The van der Waals surface area contributed by atoms with Crippen molar-refractivity contribution in [2.75, 3.05) is 6.67 Å². The van der Waals surface area contributed by atoms with Crippen molar-refractivity contribution < 1.29 is 18.0 Å². The van der Waals surface area contributed by atoms with Gasteiger partial charge < -0.3 is 10.3 Å². The zero-order valence-corrected chi connectivity index (χ0v) is 12.5. The molecule has 1 amide bonds. The van der Waals surface area contributed by atoms with Crippen molar-refractivity contribution in [2.24, 2.45) is 0 Å². The lowest BCUT2D eigenvalue weighted by Gasteiger charge is -2.11. The predicted molar refractivity (Wildman–Crippen MR) is 83.6 cm³/mol. The molecule has 124 valence electrons. The Morgan fingerprint density at radius 3 is 2.75 bits per heavy atom. The van der Waals surface area contributed by atoms with Gasteiger partial charge in [0.05, 0.1) is 5.56 Å². The molecule has 1 aromatic carbocycles. The van der Waals surface area contributed by atoms with E-state index in [1.165, 1.54) is 6.07 Å². The summed E-state index contributed by atoms with van der Waals surface area (Å²) in [4.78, 5) is 18.6. The van der Waals surface area contributed by atoms with Crippen LogP contribution in [0.25, 0.3) is 10.9 Å². The van der Waals surface area contributed by atoms with Crippen LogP contribution < -0.4 is 5.32 Å². The Morgan fingerprint density at radius 1 is 1.21 bits per heavy atom. The summed E-state index contributed by atoms with van der Waals surface area (Å²) in [7, 11) is 0. The van der Waals surface area contributed by atoms with Crippen LogP contribution in [0.3, 0.4) is 0 Å². The highest BCUT2D eigenvalue weighted by atomic mass is 19.3. The quantitative estimate of drug-likeness (QED) is 0.750. The second-order valence-electron chi connectivity index (χ2n) is 5.35. The average Bonchev–Trinajstić information content (AvgIpc) is 3.07. The molecule has 0 saturated heterocycles. The van der Waals surface area contributed by atoms with Crippen LogP contribution in [-0.4, -0.2) is 22.5 Å². The summed E-state index contributed by atoms with van der Waals surface area (Å²) in [6.07, 6.45) is 2.84. The van der Waals surface area contributed by atoms with Gasteiger partial charge in [0.1, 0.15) is 5.69 Å². The topological polar surface area (TPSA) is 57.8 Å². The van der Waals surface area contributed by atoms with Gasteiger partial charge in [-0.1, -0.05) is 6.07 Å². The normalized spacial score (nSPS) is 11.6. The number of fused-ring (bicyclic) bond motifs is 1. The molecule has 0 aliphatic heterocycles. The number of carbonyl (C=O) groups excluding carboxylic acids is 1. The summed E-state index contributed by atoms with van der Waals surface area (Å²) in [5.41, 5.74) is 1.35. The number of hydrogen-bond acceptors (Lipinski definition) is 2. The van der Waals surface area contributed by atoms with Gasteiger partial charge in [-0.3, -0.25) is 9.78 Å². The van der Waals surface area contributed by atoms with Gasteiger partial charge in [-0.15, -0.1) is 0 Å². The number of hydrogen-bond donors (Lipinski definition) is 2. The van der Waals surface area contributed by atoms with Crippen molar-refractivity contribution in [1.29, 1.82) is 0 Å². The molecule has 0 aliphatic rings. The molecule has 4 nitrogen and oxygen atoms in total. The van der Waals surface area contributed by atoms with Gasteiger partial charge in [-0.25, -0.2) is 4.39 Å². The molecular weight excluding hydrogens is 319 g/mol. The summed E-state index contributed by atoms with van der Waals surface area (Å²) < 4.78 is 38.5. The molecule has 0 spiro atoms. The number of H-pyrrole nitrogens is 1. The van der Waals surface area contributed by atoms with E-state index in [0.29, 0.717) is 6.54 Å². The van der Waals surface area contributed by atoms with Crippen molar-refractivity contribution in [3.8, 4) is 0 Å². The Kier molecular flexibility index (Phi) is 4.24. The number of nitrogens with one attached hydrogen (secondary N) is 2. The van der Waals surface area contributed by atoms with E-state index in [4.69, 9.17) is 0 Å². The first-order chi connectivity index (χ1) is 11.5. The molecule has 24 heavy (non-hydrogen) atoms. The number of nitrogens with zero attached hydrogens (tertiary/aromatic N) is 1. The van der Waals surface area contributed by atoms with E-state index in [0.717, 1.165) is 28.7 Å². The summed E-state index contributed by atoms with van der Waals surface area (Å²) in [5.74, 6) is -4.08. The maximum absolute atomic E-state index is 13.1. The highest BCUT2D eigenvalue weighted by Gasteiger charge is 2.33. The second kappa shape index (κ2) is 6.35. The highest BCUT2D eigenvalue weighted by Crippen LogP contribution is 2.26. The highest BCUT2D eigenvalue weighted by molar-refractivity contribution is 5.93. The van der Waals surface area contributed by atoms with Crippen molar-refractivity contribution in [3.63, 3.8) is 0 Å². The fourth-order valence-corrected chi connectivity index (χ4v) is 2.31. The largest absolute Gasteiger partial charge is 0.361 e. The predicted octanol–water partition coefficient (Wildman–Crippen LogP) is 3.55. The Balaban J connectivity index is 1.66. The Labute approximate surface area is 135 Å². The number of benzene rings is 1. The standard InChI is InChI=1S/C17H14F3N3O/c18-10-17(19,20)15-4-2-13(9-22-15)16(24)23-8-11-1-3-14-12(7-11)5-6-21-14/h1-7,9,21H,8,10H2,(H,23,24). The van der Waals surface area contributed by atoms with E-state index in [1.807, 2.05) is 30.5 Å². The number of pyridine rings is 1. The minimum absolute atomic E-state index is 0.135. The fraction of sp³-hybridized carbons (Fsp3) is 0.176. The van der Waals surface area contributed by atoms with Crippen LogP contribution >= 0.6 is 0 Å². The summed E-state index contributed by atoms with van der Waals surface area (Å²) in [6, 6.07) is 9.81. The number of amides is 1. The number of carbonyl (C=O) groups is 1. The first-order valence-electron chi connectivity index (χ1n) is 7.24. The summed E-state index contributed by atoms with van der Waals surface area (Å²) >= 11 is 0. The summed E-state index contributed by atoms with van der Waals surface area (Å²) in [5, 5.41) is 3.72. The van der Waals surface area contributed by atoms with E-state index < -0.39 is 24.2 Å². The first kappa shape index (κ1) is 16.0.